The van der Waals surface area contributed by atoms with Gasteiger partial charge in [-0.15, -0.1) is 0 Å². The van der Waals surface area contributed by atoms with E-state index in [9.17, 15) is 4.79 Å². The Labute approximate surface area is 183 Å². The van der Waals surface area contributed by atoms with Gasteiger partial charge in [-0.25, -0.2) is 4.98 Å². The minimum absolute atomic E-state index is 0.0941. The molecule has 7 heteroatoms. The molecule has 0 spiro atoms. The van der Waals surface area contributed by atoms with Crippen LogP contribution in [0.1, 0.15) is 33.7 Å². The summed E-state index contributed by atoms with van der Waals surface area (Å²) in [7, 11) is 0. The van der Waals surface area contributed by atoms with E-state index in [1.807, 2.05) is 29.2 Å². The van der Waals surface area contributed by atoms with Gasteiger partial charge in [-0.2, -0.15) is 4.37 Å². The Balaban J connectivity index is 1.38. The van der Waals surface area contributed by atoms with Crippen LogP contribution in [0.25, 0.3) is 0 Å². The number of aromatic nitrogens is 2. The maximum absolute atomic E-state index is 12.8. The fourth-order valence-corrected chi connectivity index (χ4v) is 4.42. The quantitative estimate of drug-likeness (QED) is 0.560. The first-order valence-corrected chi connectivity index (χ1v) is 11.3. The Morgan fingerprint density at radius 1 is 1.03 bits per heavy atom. The summed E-state index contributed by atoms with van der Waals surface area (Å²) in [6.07, 6.45) is 1.67. The molecule has 1 aliphatic rings. The number of rotatable bonds is 4. The van der Waals surface area contributed by atoms with Crippen LogP contribution in [0.15, 0.2) is 53.0 Å². The van der Waals surface area contributed by atoms with Crippen molar-refractivity contribution < 1.29 is 4.79 Å². The first-order valence-electron chi connectivity index (χ1n) is 9.76. The number of halogens is 1. The number of hydrogen-bond acceptors (Lipinski definition) is 5. The van der Waals surface area contributed by atoms with Gasteiger partial charge < -0.3 is 9.80 Å². The predicted molar refractivity (Wildman–Crippen MR) is 121 cm³/mol. The molecule has 0 N–H and O–H groups in total. The van der Waals surface area contributed by atoms with Crippen molar-refractivity contribution in [2.45, 2.75) is 19.8 Å². The van der Waals surface area contributed by atoms with Crippen LogP contribution in [-0.2, 0) is 6.42 Å². The standard InChI is InChI=1S/C22H23BrN4OS/c1-16-3-5-17(6-4-16)15-20-24-22(29-25-20)27-12-2-11-26(13-14-27)21(28)18-7-9-19(23)10-8-18/h3-10H,2,11-15H2,1H3. The van der Waals surface area contributed by atoms with Crippen molar-refractivity contribution in [2.75, 3.05) is 31.1 Å². The number of amides is 1. The van der Waals surface area contributed by atoms with Crippen LogP contribution in [0.4, 0.5) is 5.13 Å². The molecule has 29 heavy (non-hydrogen) atoms. The molecule has 1 aromatic heterocycles. The first kappa shape index (κ1) is 20.0. The zero-order chi connectivity index (χ0) is 20.2. The third kappa shape index (κ3) is 5.03. The van der Waals surface area contributed by atoms with Gasteiger partial charge in [-0.3, -0.25) is 4.79 Å². The molecule has 1 saturated heterocycles. The summed E-state index contributed by atoms with van der Waals surface area (Å²) in [6, 6.07) is 16.1. The van der Waals surface area contributed by atoms with Gasteiger partial charge in [0, 0.05) is 54.2 Å². The monoisotopic (exact) mass is 470 g/mol. The van der Waals surface area contributed by atoms with Crippen LogP contribution in [-0.4, -0.2) is 46.3 Å². The molecule has 0 unspecified atom stereocenters. The minimum Gasteiger partial charge on any atom is -0.345 e. The molecule has 3 aromatic rings. The summed E-state index contributed by atoms with van der Waals surface area (Å²) in [6.45, 7) is 5.22. The molecule has 0 saturated carbocycles. The lowest BCUT2D eigenvalue weighted by Crippen LogP contribution is -2.35. The van der Waals surface area contributed by atoms with Gasteiger partial charge in [0.1, 0.15) is 5.82 Å². The van der Waals surface area contributed by atoms with Crippen molar-refractivity contribution in [2.24, 2.45) is 0 Å². The molecule has 2 heterocycles. The molecular weight excluding hydrogens is 448 g/mol. The molecule has 150 valence electrons. The lowest BCUT2D eigenvalue weighted by atomic mass is 10.1. The summed E-state index contributed by atoms with van der Waals surface area (Å²) in [4.78, 5) is 21.8. The summed E-state index contributed by atoms with van der Waals surface area (Å²) in [5, 5.41) is 0.949. The second-order valence-corrected chi connectivity index (χ2v) is 8.94. The van der Waals surface area contributed by atoms with Crippen molar-refractivity contribution in [3.8, 4) is 0 Å². The van der Waals surface area contributed by atoms with Crippen LogP contribution >= 0.6 is 27.5 Å². The smallest absolute Gasteiger partial charge is 0.253 e. The van der Waals surface area contributed by atoms with E-state index in [1.165, 1.54) is 22.7 Å². The van der Waals surface area contributed by atoms with Gasteiger partial charge in [0.15, 0.2) is 0 Å². The Bertz CT molecular complexity index is 971. The number of aryl methyl sites for hydroxylation is 1. The third-order valence-corrected chi connectivity index (χ3v) is 6.43. The highest BCUT2D eigenvalue weighted by atomic mass is 79.9. The van der Waals surface area contributed by atoms with Gasteiger partial charge in [0.05, 0.1) is 0 Å². The normalized spacial score (nSPS) is 14.7. The van der Waals surface area contributed by atoms with Crippen molar-refractivity contribution >= 4 is 38.5 Å². The van der Waals surface area contributed by atoms with E-state index in [1.54, 1.807) is 0 Å². The van der Waals surface area contributed by atoms with Gasteiger partial charge in [-0.05, 0) is 43.2 Å². The number of benzene rings is 2. The van der Waals surface area contributed by atoms with E-state index in [4.69, 9.17) is 4.98 Å². The zero-order valence-corrected chi connectivity index (χ0v) is 18.7. The van der Waals surface area contributed by atoms with Gasteiger partial charge in [-0.1, -0.05) is 45.8 Å². The van der Waals surface area contributed by atoms with Crippen molar-refractivity contribution in [3.63, 3.8) is 0 Å². The van der Waals surface area contributed by atoms with Crippen LogP contribution in [0.3, 0.4) is 0 Å². The molecule has 0 atom stereocenters. The summed E-state index contributed by atoms with van der Waals surface area (Å²) >= 11 is 4.87. The minimum atomic E-state index is 0.0941. The second kappa shape index (κ2) is 9.05. The Kier molecular flexibility index (Phi) is 6.25. The number of anilines is 1. The van der Waals surface area contributed by atoms with E-state index in [0.717, 1.165) is 53.5 Å². The van der Waals surface area contributed by atoms with Crippen molar-refractivity contribution in [3.05, 3.63) is 75.5 Å². The fourth-order valence-electron chi connectivity index (χ4n) is 3.42. The molecule has 0 radical (unpaired) electrons. The molecule has 5 nitrogen and oxygen atoms in total. The number of nitrogens with zero attached hydrogens (tertiary/aromatic N) is 4. The van der Waals surface area contributed by atoms with Crippen LogP contribution in [0, 0.1) is 6.92 Å². The lowest BCUT2D eigenvalue weighted by molar-refractivity contribution is 0.0767. The highest BCUT2D eigenvalue weighted by Crippen LogP contribution is 2.21. The Hall–Kier alpha value is -2.25. The average Bonchev–Trinajstić information content (AvgIpc) is 3.04. The lowest BCUT2D eigenvalue weighted by Gasteiger charge is -2.21. The molecule has 0 aliphatic carbocycles. The van der Waals surface area contributed by atoms with E-state index >= 15 is 0 Å². The molecule has 1 fully saturated rings. The molecular formula is C22H23BrN4OS. The van der Waals surface area contributed by atoms with Crippen LogP contribution in [0.2, 0.25) is 0 Å². The molecule has 2 aromatic carbocycles. The number of carbonyl (C=O) groups excluding carboxylic acids is 1. The SMILES string of the molecule is Cc1ccc(Cc2nsc(N3CCCN(C(=O)c4ccc(Br)cc4)CC3)n2)cc1. The molecule has 4 rings (SSSR count). The summed E-state index contributed by atoms with van der Waals surface area (Å²) in [5.74, 6) is 0.956. The molecule has 1 amide bonds. The van der Waals surface area contributed by atoms with Crippen molar-refractivity contribution in [1.82, 2.24) is 14.3 Å². The average molecular weight is 471 g/mol. The van der Waals surface area contributed by atoms with E-state index in [0.29, 0.717) is 6.54 Å². The molecule has 0 bridgehead atoms. The number of carbonyl (C=O) groups is 1. The highest BCUT2D eigenvalue weighted by Gasteiger charge is 2.22. The topological polar surface area (TPSA) is 49.3 Å². The van der Waals surface area contributed by atoms with Crippen LogP contribution < -0.4 is 4.90 Å². The van der Waals surface area contributed by atoms with Gasteiger partial charge in [0.2, 0.25) is 5.13 Å². The molecule has 1 aliphatic heterocycles. The van der Waals surface area contributed by atoms with E-state index in [-0.39, 0.29) is 5.91 Å². The van der Waals surface area contributed by atoms with E-state index in [2.05, 4.69) is 56.4 Å². The first-order chi connectivity index (χ1) is 14.1. The van der Waals surface area contributed by atoms with Crippen LogP contribution in [0.5, 0.6) is 0 Å². The zero-order valence-electron chi connectivity index (χ0n) is 16.3. The van der Waals surface area contributed by atoms with Crippen molar-refractivity contribution in [1.29, 1.82) is 0 Å². The second-order valence-electron chi connectivity index (χ2n) is 7.30. The Morgan fingerprint density at radius 3 is 2.55 bits per heavy atom. The largest absolute Gasteiger partial charge is 0.345 e. The third-order valence-electron chi connectivity index (χ3n) is 5.09. The fraction of sp³-hybridized carbons (Fsp3) is 0.318. The van der Waals surface area contributed by atoms with Gasteiger partial charge in [0.25, 0.3) is 5.91 Å². The van der Waals surface area contributed by atoms with E-state index < -0.39 is 0 Å². The number of hydrogen-bond donors (Lipinski definition) is 0. The predicted octanol–water partition coefficient (Wildman–Crippen LogP) is 4.55. The Morgan fingerprint density at radius 2 is 1.79 bits per heavy atom. The highest BCUT2D eigenvalue weighted by molar-refractivity contribution is 9.10. The van der Waals surface area contributed by atoms with Gasteiger partial charge >= 0.3 is 0 Å². The summed E-state index contributed by atoms with van der Waals surface area (Å²) < 4.78 is 5.53. The summed E-state index contributed by atoms with van der Waals surface area (Å²) in [5.41, 5.74) is 3.22. The maximum atomic E-state index is 12.8. The maximum Gasteiger partial charge on any atom is 0.253 e.